The van der Waals surface area contributed by atoms with Gasteiger partial charge in [0.15, 0.2) is 0 Å². The fourth-order valence-electron chi connectivity index (χ4n) is 3.95. The van der Waals surface area contributed by atoms with E-state index in [9.17, 15) is 8.42 Å². The van der Waals surface area contributed by atoms with E-state index in [1.807, 2.05) is 18.2 Å². The molecule has 0 radical (unpaired) electrons. The highest BCUT2D eigenvalue weighted by atomic mass is 32.2. The third-order valence-electron chi connectivity index (χ3n) is 4.97. The number of piperidine rings is 1. The summed E-state index contributed by atoms with van der Waals surface area (Å²) in [6.07, 6.45) is 3.19. The van der Waals surface area contributed by atoms with Gasteiger partial charge in [-0.3, -0.25) is 0 Å². The molecule has 2 bridgehead atoms. The lowest BCUT2D eigenvalue weighted by Gasteiger charge is -2.31. The van der Waals surface area contributed by atoms with Crippen LogP contribution in [0.1, 0.15) is 35.9 Å². The first-order valence-corrected chi connectivity index (χ1v) is 9.55. The van der Waals surface area contributed by atoms with Crippen molar-refractivity contribution >= 4 is 10.0 Å². The van der Waals surface area contributed by atoms with Gasteiger partial charge in [0.1, 0.15) is 0 Å². The molecule has 4 rings (SSSR count). The zero-order chi connectivity index (χ0) is 15.3. The normalized spacial score (nSPS) is 24.2. The molecule has 114 valence electrons. The van der Waals surface area contributed by atoms with Crippen LogP contribution in [0.4, 0.5) is 0 Å². The van der Waals surface area contributed by atoms with Gasteiger partial charge in [-0.05, 0) is 47.1 Å². The van der Waals surface area contributed by atoms with Gasteiger partial charge in [-0.1, -0.05) is 42.5 Å². The van der Waals surface area contributed by atoms with E-state index in [0.29, 0.717) is 12.5 Å². The largest absolute Gasteiger partial charge is 0.212 e. The minimum absolute atomic E-state index is 0.0208. The molecule has 1 aliphatic carbocycles. The average Bonchev–Trinajstić information content (AvgIpc) is 2.79. The lowest BCUT2D eigenvalue weighted by molar-refractivity contribution is 0.261. The molecule has 1 saturated heterocycles. The minimum atomic E-state index is -3.15. The van der Waals surface area contributed by atoms with Crippen LogP contribution >= 0.6 is 0 Å². The highest BCUT2D eigenvalue weighted by molar-refractivity contribution is 7.88. The number of sulfonamides is 1. The van der Waals surface area contributed by atoms with E-state index in [-0.39, 0.29) is 6.04 Å². The fourth-order valence-corrected chi connectivity index (χ4v) is 5.05. The van der Waals surface area contributed by atoms with Crippen LogP contribution in [-0.2, 0) is 10.0 Å². The zero-order valence-electron chi connectivity index (χ0n) is 12.6. The lowest BCUT2D eigenvalue weighted by Crippen LogP contribution is -2.36. The van der Waals surface area contributed by atoms with Crippen LogP contribution in [0, 0.1) is 0 Å². The van der Waals surface area contributed by atoms with Crippen LogP contribution in [0.5, 0.6) is 0 Å². The molecular weight excluding hydrogens is 294 g/mol. The molecule has 1 heterocycles. The van der Waals surface area contributed by atoms with Crippen molar-refractivity contribution in [3.05, 3.63) is 59.7 Å². The summed E-state index contributed by atoms with van der Waals surface area (Å²) in [5, 5.41) is 0. The Morgan fingerprint density at radius 2 is 1.77 bits per heavy atom. The predicted octanol–water partition coefficient (Wildman–Crippen LogP) is 3.55. The molecule has 4 heteroatoms. The minimum Gasteiger partial charge on any atom is -0.212 e. The van der Waals surface area contributed by atoms with Gasteiger partial charge in [0, 0.05) is 6.54 Å². The molecule has 22 heavy (non-hydrogen) atoms. The molecular formula is C18H19NO2S. The van der Waals surface area contributed by atoms with E-state index < -0.39 is 10.0 Å². The molecule has 0 N–H and O–H groups in total. The van der Waals surface area contributed by atoms with Crippen molar-refractivity contribution < 1.29 is 8.42 Å². The maximum absolute atomic E-state index is 12.1. The van der Waals surface area contributed by atoms with Gasteiger partial charge in [0.25, 0.3) is 0 Å². The van der Waals surface area contributed by atoms with E-state index >= 15 is 0 Å². The number of hydrogen-bond acceptors (Lipinski definition) is 2. The van der Waals surface area contributed by atoms with Crippen LogP contribution in [0.15, 0.2) is 48.5 Å². The summed E-state index contributed by atoms with van der Waals surface area (Å²) in [4.78, 5) is 0. The Kier molecular flexibility index (Phi) is 3.13. The number of rotatable bonds is 2. The topological polar surface area (TPSA) is 37.4 Å². The summed E-state index contributed by atoms with van der Waals surface area (Å²) in [7, 11) is -3.15. The lowest BCUT2D eigenvalue weighted by atomic mass is 9.95. The van der Waals surface area contributed by atoms with Gasteiger partial charge >= 0.3 is 0 Å². The van der Waals surface area contributed by atoms with Crippen LogP contribution in [0.25, 0.3) is 11.1 Å². The molecule has 1 fully saturated rings. The van der Waals surface area contributed by atoms with E-state index in [1.54, 1.807) is 4.31 Å². The summed E-state index contributed by atoms with van der Waals surface area (Å²) in [5.74, 6) is 0.517. The molecule has 0 aromatic heterocycles. The van der Waals surface area contributed by atoms with Gasteiger partial charge in [-0.25, -0.2) is 8.42 Å². The highest BCUT2D eigenvalue weighted by Gasteiger charge is 2.42. The van der Waals surface area contributed by atoms with Crippen LogP contribution in [-0.4, -0.2) is 25.5 Å². The van der Waals surface area contributed by atoms with Crippen molar-refractivity contribution in [3.63, 3.8) is 0 Å². The van der Waals surface area contributed by atoms with E-state index in [4.69, 9.17) is 0 Å². The Bertz CT molecular complexity index is 814. The van der Waals surface area contributed by atoms with Crippen molar-refractivity contribution in [3.8, 4) is 11.1 Å². The Morgan fingerprint density at radius 1 is 1.00 bits per heavy atom. The molecule has 2 aromatic carbocycles. The summed E-state index contributed by atoms with van der Waals surface area (Å²) >= 11 is 0. The van der Waals surface area contributed by atoms with Gasteiger partial charge in [0.2, 0.25) is 10.0 Å². The predicted molar refractivity (Wildman–Crippen MR) is 88.1 cm³/mol. The monoisotopic (exact) mass is 313 g/mol. The Morgan fingerprint density at radius 3 is 2.50 bits per heavy atom. The molecule has 0 amide bonds. The number of nitrogens with zero attached hydrogens (tertiary/aromatic N) is 1. The second-order valence-corrected chi connectivity index (χ2v) is 8.26. The molecule has 0 saturated carbocycles. The molecule has 2 aromatic rings. The molecule has 3 nitrogen and oxygen atoms in total. The standard InChI is InChI=1S/C18H19NO2S/c1-22(20,21)19-10-9-15-12-18(19)17-11-14(7-8-16(15)17)13-5-3-2-4-6-13/h2-8,11,15,18H,9-10,12H2,1H3/t15-,18?/m1/s1. The van der Waals surface area contributed by atoms with Crippen molar-refractivity contribution in [2.45, 2.75) is 24.8 Å². The molecule has 1 aliphatic heterocycles. The van der Waals surface area contributed by atoms with Crippen molar-refractivity contribution in [1.29, 1.82) is 0 Å². The Hall–Kier alpha value is -1.65. The maximum atomic E-state index is 12.1. The van der Waals surface area contributed by atoms with Gasteiger partial charge in [-0.2, -0.15) is 4.31 Å². The number of fused-ring (bicyclic) bond motifs is 5. The highest BCUT2D eigenvalue weighted by Crippen LogP contribution is 2.50. The number of hydrogen-bond donors (Lipinski definition) is 0. The SMILES string of the molecule is CS(=O)(=O)N1CC[C@@H]2CC1c1cc(-c3ccccc3)ccc12. The van der Waals surface area contributed by atoms with Crippen LogP contribution < -0.4 is 0 Å². The van der Waals surface area contributed by atoms with Gasteiger partial charge < -0.3 is 0 Å². The van der Waals surface area contributed by atoms with Crippen LogP contribution in [0.2, 0.25) is 0 Å². The van der Waals surface area contributed by atoms with Crippen molar-refractivity contribution in [2.24, 2.45) is 0 Å². The third-order valence-corrected chi connectivity index (χ3v) is 6.26. The van der Waals surface area contributed by atoms with Crippen molar-refractivity contribution in [2.75, 3.05) is 12.8 Å². The van der Waals surface area contributed by atoms with E-state index in [0.717, 1.165) is 12.8 Å². The molecule has 2 aliphatic rings. The van der Waals surface area contributed by atoms with E-state index in [2.05, 4.69) is 30.3 Å². The smallest absolute Gasteiger partial charge is 0.211 e. The van der Waals surface area contributed by atoms with Crippen molar-refractivity contribution in [1.82, 2.24) is 4.31 Å². The summed E-state index contributed by atoms with van der Waals surface area (Å²) in [6, 6.07) is 16.8. The second-order valence-electron chi connectivity index (χ2n) is 6.32. The first-order chi connectivity index (χ1) is 10.5. The molecule has 2 atom stereocenters. The molecule has 0 spiro atoms. The molecule has 1 unspecified atom stereocenters. The fraction of sp³-hybridized carbons (Fsp3) is 0.333. The zero-order valence-corrected chi connectivity index (χ0v) is 13.4. The van der Waals surface area contributed by atoms with Gasteiger partial charge in [0.05, 0.1) is 12.3 Å². The Balaban J connectivity index is 1.81. The Labute approximate surface area is 131 Å². The maximum Gasteiger partial charge on any atom is 0.211 e. The second kappa shape index (κ2) is 4.93. The first kappa shape index (κ1) is 14.0. The summed E-state index contributed by atoms with van der Waals surface area (Å²) in [5.41, 5.74) is 4.89. The van der Waals surface area contributed by atoms with E-state index in [1.165, 1.54) is 28.5 Å². The third kappa shape index (κ3) is 2.18. The van der Waals surface area contributed by atoms with Gasteiger partial charge in [-0.15, -0.1) is 0 Å². The first-order valence-electron chi connectivity index (χ1n) is 7.70. The summed E-state index contributed by atoms with van der Waals surface area (Å²) in [6.45, 7) is 0.642. The average molecular weight is 313 g/mol. The number of benzene rings is 2. The van der Waals surface area contributed by atoms with Crippen LogP contribution in [0.3, 0.4) is 0 Å². The quantitative estimate of drug-likeness (QED) is 0.850. The summed E-state index contributed by atoms with van der Waals surface area (Å²) < 4.78 is 25.8.